The maximum absolute atomic E-state index is 10.6. The Morgan fingerprint density at radius 2 is 2.14 bits per heavy atom. The topological polar surface area (TPSA) is 187 Å². The van der Waals surface area contributed by atoms with Gasteiger partial charge in [0.2, 0.25) is 11.8 Å². The van der Waals surface area contributed by atoms with Crippen LogP contribution in [0.4, 0.5) is 0 Å². The van der Waals surface area contributed by atoms with E-state index in [-0.39, 0.29) is 12.5 Å². The van der Waals surface area contributed by atoms with Crippen molar-refractivity contribution < 1.29 is 32.5 Å². The van der Waals surface area contributed by atoms with Crippen molar-refractivity contribution >= 4 is 27.9 Å². The molecule has 1 rings (SSSR count). The molecule has 0 aromatic rings. The van der Waals surface area contributed by atoms with Gasteiger partial charge in [0.15, 0.2) is 5.25 Å². The Labute approximate surface area is 126 Å². The predicted molar refractivity (Wildman–Crippen MR) is 73.2 cm³/mol. The summed E-state index contributed by atoms with van der Waals surface area (Å²) in [5, 5.41) is 11.9. The Hall–Kier alpha value is -2.17. The minimum absolute atomic E-state index is 0.0670. The zero-order valence-corrected chi connectivity index (χ0v) is 12.5. The molecule has 0 radical (unpaired) electrons. The van der Waals surface area contributed by atoms with Crippen molar-refractivity contribution in [1.29, 1.82) is 0 Å². The molecule has 0 aromatic carbocycles. The molecule has 124 valence electrons. The number of azide groups is 1. The molecule has 0 saturated carbocycles. The van der Waals surface area contributed by atoms with E-state index < -0.39 is 39.6 Å². The van der Waals surface area contributed by atoms with Crippen LogP contribution in [0.3, 0.4) is 0 Å². The van der Waals surface area contributed by atoms with E-state index in [1.807, 2.05) is 6.92 Å². The zero-order valence-electron chi connectivity index (χ0n) is 11.7. The van der Waals surface area contributed by atoms with E-state index in [9.17, 15) is 22.8 Å². The van der Waals surface area contributed by atoms with Crippen molar-refractivity contribution in [3.8, 4) is 0 Å². The molecule has 0 aliphatic carbocycles. The van der Waals surface area contributed by atoms with Crippen LogP contribution in [0, 0.1) is 0 Å². The number of carbonyl (C=O) groups excluding carboxylic acids is 2. The minimum Gasteiger partial charge on any atom is -0.481 e. The first-order chi connectivity index (χ1) is 10.1. The number of nitrogens with zero attached hydrogens (tertiary/aromatic N) is 3. The molecule has 0 aromatic heterocycles. The van der Waals surface area contributed by atoms with E-state index >= 15 is 0 Å². The molecule has 2 unspecified atom stereocenters. The van der Waals surface area contributed by atoms with Gasteiger partial charge in [0.05, 0.1) is 6.42 Å². The second kappa shape index (κ2) is 8.97. The third-order valence-electron chi connectivity index (χ3n) is 2.66. The molecule has 2 amide bonds. The van der Waals surface area contributed by atoms with Crippen LogP contribution < -0.4 is 5.32 Å². The van der Waals surface area contributed by atoms with Gasteiger partial charge >= 0.3 is 5.97 Å². The van der Waals surface area contributed by atoms with Crippen LogP contribution in [0.15, 0.2) is 5.11 Å². The molecule has 0 spiro atoms. The number of amides is 2. The molecular formula is C10H16N4O7S. The Morgan fingerprint density at radius 1 is 1.55 bits per heavy atom. The highest BCUT2D eigenvalue weighted by atomic mass is 32.2. The maximum Gasteiger partial charge on any atom is 0.303 e. The summed E-state index contributed by atoms with van der Waals surface area (Å²) in [6, 6.07) is -0.170. The van der Waals surface area contributed by atoms with E-state index in [1.54, 1.807) is 5.32 Å². The molecule has 1 aliphatic heterocycles. The van der Waals surface area contributed by atoms with Gasteiger partial charge in [-0.05, 0) is 18.4 Å². The summed E-state index contributed by atoms with van der Waals surface area (Å²) in [5.41, 5.74) is 8.04. The number of carboxylic acids is 1. The lowest BCUT2D eigenvalue weighted by Gasteiger charge is -2.03. The summed E-state index contributed by atoms with van der Waals surface area (Å²) in [5.74, 6) is -2.49. The Bertz CT molecular complexity index is 582. The van der Waals surface area contributed by atoms with Gasteiger partial charge in [-0.25, -0.2) is 0 Å². The van der Waals surface area contributed by atoms with Gasteiger partial charge in [-0.15, -0.1) is 0 Å². The number of carbonyl (C=O) groups is 3. The largest absolute Gasteiger partial charge is 0.481 e. The standard InChI is InChI=1S/C6H11N3O2.C4H5NO5S/c1-2-5(8-9-7)3-4-6(10)11;6-3-1-2(4(7)5-3)11(8,9)10/h5H,2-4H2,1H3,(H,10,11);2H,1H2,(H,5,6,7)(H,8,9,10). The van der Waals surface area contributed by atoms with Gasteiger partial charge in [0, 0.05) is 17.4 Å². The van der Waals surface area contributed by atoms with Gasteiger partial charge in [0.1, 0.15) is 0 Å². The fourth-order valence-corrected chi connectivity index (χ4v) is 2.17. The number of hydrogen-bond donors (Lipinski definition) is 3. The average molecular weight is 336 g/mol. The molecule has 1 heterocycles. The lowest BCUT2D eigenvalue weighted by molar-refractivity contribution is -0.137. The van der Waals surface area contributed by atoms with E-state index in [0.29, 0.717) is 12.8 Å². The van der Waals surface area contributed by atoms with E-state index in [0.717, 1.165) is 0 Å². The van der Waals surface area contributed by atoms with Crippen molar-refractivity contribution in [2.45, 2.75) is 43.9 Å². The Balaban J connectivity index is 0.000000401. The molecule has 1 fully saturated rings. The Kier molecular flexibility index (Phi) is 8.09. The highest BCUT2D eigenvalue weighted by Gasteiger charge is 2.39. The zero-order chi connectivity index (χ0) is 17.3. The van der Waals surface area contributed by atoms with Gasteiger partial charge in [-0.1, -0.05) is 12.0 Å². The lowest BCUT2D eigenvalue weighted by atomic mass is 10.1. The second-order valence-electron chi connectivity index (χ2n) is 4.32. The molecule has 3 N–H and O–H groups in total. The molecule has 11 nitrogen and oxygen atoms in total. The first-order valence-electron chi connectivity index (χ1n) is 6.17. The van der Waals surface area contributed by atoms with Crippen molar-refractivity contribution in [2.75, 3.05) is 0 Å². The number of rotatable bonds is 6. The Morgan fingerprint density at radius 3 is 2.41 bits per heavy atom. The first kappa shape index (κ1) is 19.8. The van der Waals surface area contributed by atoms with Crippen molar-refractivity contribution in [3.63, 3.8) is 0 Å². The maximum atomic E-state index is 10.6. The number of aliphatic carboxylic acids is 1. The van der Waals surface area contributed by atoms with Crippen LogP contribution in [-0.2, 0) is 24.5 Å². The van der Waals surface area contributed by atoms with Crippen molar-refractivity contribution in [1.82, 2.24) is 5.32 Å². The third-order valence-corrected chi connectivity index (χ3v) is 3.76. The van der Waals surface area contributed by atoms with Gasteiger partial charge < -0.3 is 5.11 Å². The van der Waals surface area contributed by atoms with Crippen LogP contribution in [0.2, 0.25) is 0 Å². The lowest BCUT2D eigenvalue weighted by Crippen LogP contribution is -2.30. The van der Waals surface area contributed by atoms with Crippen LogP contribution in [0.5, 0.6) is 0 Å². The van der Waals surface area contributed by atoms with Crippen LogP contribution in [-0.4, -0.2) is 47.2 Å². The third kappa shape index (κ3) is 7.57. The molecule has 0 bridgehead atoms. The van der Waals surface area contributed by atoms with Gasteiger partial charge in [-0.2, -0.15) is 8.42 Å². The van der Waals surface area contributed by atoms with Crippen molar-refractivity contribution in [2.24, 2.45) is 5.11 Å². The molecule has 22 heavy (non-hydrogen) atoms. The van der Waals surface area contributed by atoms with E-state index in [2.05, 4.69) is 10.0 Å². The summed E-state index contributed by atoms with van der Waals surface area (Å²) >= 11 is 0. The summed E-state index contributed by atoms with van der Waals surface area (Å²) in [7, 11) is -4.42. The summed E-state index contributed by atoms with van der Waals surface area (Å²) < 4.78 is 29.0. The predicted octanol–water partition coefficient (Wildman–Crippen LogP) is 0.229. The molecule has 1 aliphatic rings. The summed E-state index contributed by atoms with van der Waals surface area (Å²) in [6.45, 7) is 1.86. The number of carboxylic acid groups (broad SMARTS) is 1. The highest BCUT2D eigenvalue weighted by Crippen LogP contribution is 2.10. The van der Waals surface area contributed by atoms with E-state index in [4.69, 9.17) is 15.2 Å². The fraction of sp³-hybridized carbons (Fsp3) is 0.700. The van der Waals surface area contributed by atoms with Crippen LogP contribution >= 0.6 is 0 Å². The average Bonchev–Trinajstić information content (AvgIpc) is 2.74. The number of hydrogen-bond acceptors (Lipinski definition) is 6. The van der Waals surface area contributed by atoms with E-state index in [1.165, 1.54) is 0 Å². The molecular weight excluding hydrogens is 320 g/mol. The number of imide groups is 1. The quantitative estimate of drug-likeness (QED) is 0.203. The SMILES string of the molecule is CCC(CCC(=O)O)N=[N+]=[N-].O=C1CC(S(=O)(=O)O)C(=O)N1. The smallest absolute Gasteiger partial charge is 0.303 e. The second-order valence-corrected chi connectivity index (χ2v) is 5.92. The molecule has 1 saturated heterocycles. The van der Waals surface area contributed by atoms with Crippen LogP contribution in [0.25, 0.3) is 10.4 Å². The highest BCUT2D eigenvalue weighted by molar-refractivity contribution is 7.87. The van der Waals surface area contributed by atoms with Gasteiger partial charge in [0.25, 0.3) is 10.1 Å². The minimum atomic E-state index is -4.42. The molecule has 2 atom stereocenters. The first-order valence-corrected chi connectivity index (χ1v) is 7.68. The summed E-state index contributed by atoms with van der Waals surface area (Å²) in [6.07, 6.45) is 0.697. The summed E-state index contributed by atoms with van der Waals surface area (Å²) in [4.78, 5) is 33.7. The monoisotopic (exact) mass is 336 g/mol. The van der Waals surface area contributed by atoms with Crippen molar-refractivity contribution in [3.05, 3.63) is 10.4 Å². The van der Waals surface area contributed by atoms with Crippen LogP contribution in [0.1, 0.15) is 32.6 Å². The fourth-order valence-electron chi connectivity index (χ4n) is 1.48. The normalized spacial score (nSPS) is 18.5. The molecule has 12 heteroatoms. The number of nitrogens with one attached hydrogen (secondary N) is 1. The van der Waals surface area contributed by atoms with Gasteiger partial charge in [-0.3, -0.25) is 24.3 Å².